The number of methoxy groups -OCH3 is 2. The first-order chi connectivity index (χ1) is 27.7. The first-order valence-corrected chi connectivity index (χ1v) is 21.5. The molecule has 8 fully saturated rings. The van der Waals surface area contributed by atoms with Crippen LogP contribution < -0.4 is 0 Å². The lowest BCUT2D eigenvalue weighted by Gasteiger charge is -2.58. The van der Waals surface area contributed by atoms with Crippen molar-refractivity contribution in [3.05, 3.63) is 0 Å². The van der Waals surface area contributed by atoms with Crippen LogP contribution in [0, 0.1) is 35.5 Å². The predicted octanol–water partition coefficient (Wildman–Crippen LogP) is -3.81. The fraction of sp³-hybridized carbons (Fsp3) is 1.00. The van der Waals surface area contributed by atoms with Gasteiger partial charge in [0.2, 0.25) is 0 Å². The Labute approximate surface area is 337 Å². The summed E-state index contributed by atoms with van der Waals surface area (Å²) in [6.45, 7) is -0.650. The molecule has 4 heterocycles. The first-order valence-electron chi connectivity index (χ1n) is 21.5. The maximum atomic E-state index is 11.9. The van der Waals surface area contributed by atoms with Crippen molar-refractivity contribution < 1.29 is 89.3 Å². The van der Waals surface area contributed by atoms with Crippen LogP contribution in [0.25, 0.3) is 0 Å². The Kier molecular flexibility index (Phi) is 13.5. The van der Waals surface area contributed by atoms with Gasteiger partial charge in [0.05, 0.1) is 85.8 Å². The molecule has 58 heavy (non-hydrogen) atoms. The third kappa shape index (κ3) is 8.05. The normalized spacial score (nSPS) is 57.6. The molecule has 0 bridgehead atoms. The van der Waals surface area contributed by atoms with Gasteiger partial charge in [0, 0.05) is 57.2 Å². The number of hydrogen-bond donors (Lipinski definition) is 11. The quantitative estimate of drug-likeness (QED) is 0.105. The molecular weight excluding hydrogens is 768 g/mol. The molecule has 18 heteroatoms. The van der Waals surface area contributed by atoms with Crippen molar-refractivity contribution in [3.8, 4) is 0 Å². The Morgan fingerprint density at radius 1 is 0.552 bits per heavy atom. The lowest BCUT2D eigenvalue weighted by atomic mass is 9.61. The summed E-state index contributed by atoms with van der Waals surface area (Å²) < 4.78 is 43.2. The Morgan fingerprint density at radius 2 is 1.26 bits per heavy atom. The second-order valence-corrected chi connectivity index (χ2v) is 18.8. The maximum absolute atomic E-state index is 11.9. The average Bonchev–Trinajstić information content (AvgIpc) is 3.19. The van der Waals surface area contributed by atoms with Crippen molar-refractivity contribution in [1.82, 2.24) is 0 Å². The first kappa shape index (κ1) is 43.9. The van der Waals surface area contributed by atoms with Crippen molar-refractivity contribution in [2.75, 3.05) is 20.8 Å². The molecule has 0 amide bonds. The van der Waals surface area contributed by atoms with Gasteiger partial charge in [-0.15, -0.1) is 0 Å². The van der Waals surface area contributed by atoms with E-state index in [0.29, 0.717) is 38.5 Å². The molecule has 25 atom stereocenters. The topological polar surface area (TPSA) is 291 Å². The van der Waals surface area contributed by atoms with E-state index in [2.05, 4.69) is 0 Å². The van der Waals surface area contributed by atoms with Crippen LogP contribution in [0.3, 0.4) is 0 Å². The molecule has 18 unspecified atom stereocenters. The minimum Gasteiger partial charge on any atom is -0.427 e. The monoisotopic (exact) mass is 835 g/mol. The van der Waals surface area contributed by atoms with E-state index in [1.807, 2.05) is 0 Å². The molecule has 0 spiro atoms. The maximum Gasteiger partial charge on any atom is 0.187 e. The van der Waals surface area contributed by atoms with E-state index in [1.54, 1.807) is 0 Å². The van der Waals surface area contributed by atoms with Crippen molar-refractivity contribution in [3.63, 3.8) is 0 Å². The number of aliphatic hydroxyl groups excluding tert-OH is 11. The lowest BCUT2D eigenvalue weighted by Crippen LogP contribution is -2.69. The summed E-state index contributed by atoms with van der Waals surface area (Å²) in [5.74, 6) is -2.47. The Balaban J connectivity index is 1.14. The third-order valence-corrected chi connectivity index (χ3v) is 15.6. The number of rotatable bonds is 8. The molecule has 0 radical (unpaired) electrons. The van der Waals surface area contributed by atoms with Crippen LogP contribution in [-0.2, 0) is 28.4 Å². The third-order valence-electron chi connectivity index (χ3n) is 15.6. The van der Waals surface area contributed by atoms with E-state index < -0.39 is 147 Å². The second-order valence-electron chi connectivity index (χ2n) is 18.8. The minimum absolute atomic E-state index is 0.0226. The lowest BCUT2D eigenvalue weighted by molar-refractivity contribution is -0.384. The molecular formula is C40H67O18+. The van der Waals surface area contributed by atoms with Crippen molar-refractivity contribution >= 4 is 0 Å². The molecule has 334 valence electrons. The summed E-state index contributed by atoms with van der Waals surface area (Å²) in [6, 6.07) is 0. The predicted molar refractivity (Wildman–Crippen MR) is 197 cm³/mol. The summed E-state index contributed by atoms with van der Waals surface area (Å²) in [7, 11) is 3.03. The van der Waals surface area contributed by atoms with Gasteiger partial charge in [-0.05, 0) is 50.9 Å². The molecule has 12 N–H and O–H groups in total. The van der Waals surface area contributed by atoms with Gasteiger partial charge in [0.1, 0.15) is 36.6 Å². The van der Waals surface area contributed by atoms with E-state index in [-0.39, 0.29) is 49.5 Å². The van der Waals surface area contributed by atoms with Crippen molar-refractivity contribution in [2.24, 2.45) is 35.5 Å². The minimum atomic E-state index is -1.69. The Hall–Kier alpha value is -0.720. The van der Waals surface area contributed by atoms with Crippen LogP contribution in [-0.4, -0.2) is 210 Å². The number of fused-ring (bicyclic) bond motifs is 1. The van der Waals surface area contributed by atoms with E-state index in [0.717, 1.165) is 0 Å². The zero-order valence-electron chi connectivity index (χ0n) is 33.2. The zero-order chi connectivity index (χ0) is 41.3. The molecule has 4 saturated heterocycles. The summed E-state index contributed by atoms with van der Waals surface area (Å²) in [5, 5.41) is 120. The van der Waals surface area contributed by atoms with Gasteiger partial charge in [-0.2, -0.15) is 0 Å². The molecule has 8 rings (SSSR count). The largest absolute Gasteiger partial charge is 0.427 e. The summed E-state index contributed by atoms with van der Waals surface area (Å²) in [5.41, 5.74) is 0. The van der Waals surface area contributed by atoms with E-state index in [1.165, 1.54) is 14.2 Å². The standard InChI is InChI=1S/C40H66O18/c1-52-27-6-15(7-28(53-2)32(27)48)37-39(58-40-35(51)34(50)33(49)29(13-41)56-40)18-11-26(54-24-8-16(42)9-25(55-37)30(18)24)31-22(46)12-20(44)17-10-23(47)36(57-38(17)31)14-3-4-19(43)21(45)5-14/h14-51H,3-13H2,1-2H3/p+1/t14?,15?,16?,17?,18?,19?,20?,21?,22?,23-,24?,25?,26?,27?,28?,29-,30?,31?,32?,33-,34+,35-,36-,37?,38?,39?,40+/m1/s1. The van der Waals surface area contributed by atoms with Gasteiger partial charge in [0.25, 0.3) is 0 Å². The molecule has 4 saturated carbocycles. The van der Waals surface area contributed by atoms with Gasteiger partial charge in [-0.25, -0.2) is 0 Å². The van der Waals surface area contributed by atoms with Crippen LogP contribution in [0.4, 0.5) is 0 Å². The summed E-state index contributed by atoms with van der Waals surface area (Å²) in [6.07, 6.45) is -16.9. The molecule has 4 aliphatic carbocycles. The van der Waals surface area contributed by atoms with Gasteiger partial charge in [0.15, 0.2) is 18.5 Å². The average molecular weight is 836 g/mol. The zero-order valence-corrected chi connectivity index (χ0v) is 33.2. The van der Waals surface area contributed by atoms with E-state index in [4.69, 9.17) is 33.2 Å². The van der Waals surface area contributed by atoms with Crippen LogP contribution in [0.5, 0.6) is 0 Å². The van der Waals surface area contributed by atoms with Crippen LogP contribution in [0.2, 0.25) is 0 Å². The molecule has 18 nitrogen and oxygen atoms in total. The highest BCUT2D eigenvalue weighted by molar-refractivity contribution is 5.09. The molecule has 8 aliphatic rings. The SMILES string of the molecule is COC1CC(C2[OH+]C3CC(O)CC4OC(C5C(O)CC(O)C6C[C@@H](O)[C@@H](C7CCC(O)C(O)C7)OC65)CC(C2O[C@@H]2O[C@H](CO)[C@@H](O)[C@H](O)[C@H]2O)C43)CC(OC)C1O. The highest BCUT2D eigenvalue weighted by Crippen LogP contribution is 2.54. The van der Waals surface area contributed by atoms with Crippen molar-refractivity contribution in [2.45, 2.75) is 193 Å². The second kappa shape index (κ2) is 17.8. The fourth-order valence-corrected chi connectivity index (χ4v) is 12.6. The smallest absolute Gasteiger partial charge is 0.187 e. The summed E-state index contributed by atoms with van der Waals surface area (Å²) in [4.78, 5) is 0. The number of hydrogen-bond acceptors (Lipinski definition) is 17. The summed E-state index contributed by atoms with van der Waals surface area (Å²) >= 11 is 0. The Morgan fingerprint density at radius 3 is 1.93 bits per heavy atom. The van der Waals surface area contributed by atoms with E-state index >= 15 is 0 Å². The molecule has 4 aliphatic heterocycles. The molecule has 0 aromatic rings. The van der Waals surface area contributed by atoms with Gasteiger partial charge in [-0.3, -0.25) is 0 Å². The highest BCUT2D eigenvalue weighted by atomic mass is 16.7. The molecule has 0 aromatic heterocycles. The number of ether oxygens (including phenoxy) is 7. The van der Waals surface area contributed by atoms with Crippen LogP contribution >= 0.6 is 0 Å². The Bertz CT molecular complexity index is 1350. The van der Waals surface area contributed by atoms with Crippen LogP contribution in [0.1, 0.15) is 64.2 Å². The van der Waals surface area contributed by atoms with E-state index in [9.17, 15) is 56.2 Å². The van der Waals surface area contributed by atoms with Gasteiger partial charge < -0.3 is 89.3 Å². The van der Waals surface area contributed by atoms with Crippen molar-refractivity contribution in [1.29, 1.82) is 0 Å². The fourth-order valence-electron chi connectivity index (χ4n) is 12.6. The highest BCUT2D eigenvalue weighted by Gasteiger charge is 2.64. The van der Waals surface area contributed by atoms with Gasteiger partial charge in [-0.1, -0.05) is 0 Å². The number of aliphatic hydroxyl groups is 13. The van der Waals surface area contributed by atoms with Crippen LogP contribution in [0.15, 0.2) is 0 Å². The molecule has 0 aromatic carbocycles. The van der Waals surface area contributed by atoms with Gasteiger partial charge >= 0.3 is 0 Å².